The van der Waals surface area contributed by atoms with Crippen molar-refractivity contribution in [1.29, 1.82) is 0 Å². The number of fused-ring (bicyclic) bond motifs is 1. The van der Waals surface area contributed by atoms with Gasteiger partial charge in [0.05, 0.1) is 21.3 Å². The van der Waals surface area contributed by atoms with Gasteiger partial charge in [0.15, 0.2) is 11.5 Å². The molecule has 0 atom stereocenters. The number of carbonyl (C=O) groups is 2. The molecular formula is C22H24N4O6. The van der Waals surface area contributed by atoms with Crippen molar-refractivity contribution in [1.82, 2.24) is 20.3 Å². The van der Waals surface area contributed by atoms with E-state index in [1.165, 1.54) is 10.0 Å². The van der Waals surface area contributed by atoms with E-state index in [9.17, 15) is 9.59 Å². The van der Waals surface area contributed by atoms with Crippen molar-refractivity contribution in [3.63, 3.8) is 0 Å². The molecule has 168 valence electrons. The van der Waals surface area contributed by atoms with Crippen LogP contribution in [-0.2, 0) is 11.2 Å². The molecule has 1 aromatic heterocycles. The van der Waals surface area contributed by atoms with Gasteiger partial charge in [0.1, 0.15) is 11.0 Å². The highest BCUT2D eigenvalue weighted by molar-refractivity contribution is 5.98. The zero-order valence-corrected chi connectivity index (χ0v) is 18.2. The minimum Gasteiger partial charge on any atom is -0.493 e. The maximum atomic E-state index is 13.0. The number of nitrogens with zero attached hydrogens (tertiary/aromatic N) is 4. The van der Waals surface area contributed by atoms with Crippen LogP contribution in [0.3, 0.4) is 0 Å². The highest BCUT2D eigenvalue weighted by atomic mass is 16.6. The van der Waals surface area contributed by atoms with Crippen molar-refractivity contribution in [3.05, 3.63) is 41.5 Å². The largest absolute Gasteiger partial charge is 0.493 e. The van der Waals surface area contributed by atoms with Gasteiger partial charge in [-0.3, -0.25) is 14.6 Å². The summed E-state index contributed by atoms with van der Waals surface area (Å²) in [5, 5.41) is 10.5. The van der Waals surface area contributed by atoms with Crippen LogP contribution in [0.25, 0.3) is 11.0 Å². The SMILES string of the molecule is COc1cc(CCC(=O)N2CCCN2C(=O)c2ccc3nonc3c2)cc(OC)c1OC. The summed E-state index contributed by atoms with van der Waals surface area (Å²) in [6.07, 6.45) is 1.41. The summed E-state index contributed by atoms with van der Waals surface area (Å²) in [6, 6.07) is 8.59. The van der Waals surface area contributed by atoms with Crippen LogP contribution in [0.1, 0.15) is 28.8 Å². The molecule has 0 radical (unpaired) electrons. The molecule has 10 nitrogen and oxygen atoms in total. The second kappa shape index (κ2) is 9.13. The first kappa shape index (κ1) is 21.4. The molecule has 1 aliphatic heterocycles. The van der Waals surface area contributed by atoms with E-state index in [4.69, 9.17) is 18.8 Å². The van der Waals surface area contributed by atoms with Gasteiger partial charge < -0.3 is 14.2 Å². The maximum Gasteiger partial charge on any atom is 0.272 e. The summed E-state index contributed by atoms with van der Waals surface area (Å²) in [7, 11) is 4.64. The van der Waals surface area contributed by atoms with Crippen molar-refractivity contribution in [2.45, 2.75) is 19.3 Å². The summed E-state index contributed by atoms with van der Waals surface area (Å²) in [6.45, 7) is 0.970. The number of ether oxygens (including phenoxy) is 3. The topological polar surface area (TPSA) is 107 Å². The number of hydrogen-bond acceptors (Lipinski definition) is 8. The Morgan fingerprint density at radius 2 is 1.62 bits per heavy atom. The fourth-order valence-electron chi connectivity index (χ4n) is 3.81. The zero-order valence-electron chi connectivity index (χ0n) is 18.2. The number of rotatable bonds is 7. The first-order chi connectivity index (χ1) is 15.5. The average Bonchev–Trinajstić information content (AvgIpc) is 3.50. The van der Waals surface area contributed by atoms with E-state index in [1.54, 1.807) is 39.5 Å². The maximum absolute atomic E-state index is 13.0. The molecule has 2 amide bonds. The smallest absolute Gasteiger partial charge is 0.272 e. The van der Waals surface area contributed by atoms with Crippen LogP contribution in [0.5, 0.6) is 17.2 Å². The fraction of sp³-hybridized carbons (Fsp3) is 0.364. The first-order valence-electron chi connectivity index (χ1n) is 10.2. The van der Waals surface area contributed by atoms with Gasteiger partial charge >= 0.3 is 0 Å². The van der Waals surface area contributed by atoms with Crippen molar-refractivity contribution < 1.29 is 28.4 Å². The van der Waals surface area contributed by atoms with Gasteiger partial charge in [-0.1, -0.05) is 0 Å². The molecule has 2 heterocycles. The van der Waals surface area contributed by atoms with Gasteiger partial charge in [0.25, 0.3) is 5.91 Å². The number of hydrazine groups is 1. The molecule has 0 saturated carbocycles. The molecular weight excluding hydrogens is 416 g/mol. The Morgan fingerprint density at radius 1 is 0.938 bits per heavy atom. The van der Waals surface area contributed by atoms with Gasteiger partial charge in [-0.2, -0.15) is 0 Å². The van der Waals surface area contributed by atoms with Crippen LogP contribution in [0.4, 0.5) is 0 Å². The van der Waals surface area contributed by atoms with E-state index in [2.05, 4.69) is 10.3 Å². The van der Waals surface area contributed by atoms with E-state index >= 15 is 0 Å². The molecule has 1 fully saturated rings. The molecule has 10 heteroatoms. The lowest BCUT2D eigenvalue weighted by atomic mass is 10.1. The van der Waals surface area contributed by atoms with Gasteiger partial charge in [-0.15, -0.1) is 0 Å². The monoisotopic (exact) mass is 440 g/mol. The summed E-state index contributed by atoms with van der Waals surface area (Å²) < 4.78 is 20.8. The van der Waals surface area contributed by atoms with Crippen molar-refractivity contribution in [2.75, 3.05) is 34.4 Å². The lowest BCUT2D eigenvalue weighted by molar-refractivity contribution is -0.140. The Balaban J connectivity index is 1.46. The third kappa shape index (κ3) is 4.03. The molecule has 1 aliphatic rings. The summed E-state index contributed by atoms with van der Waals surface area (Å²) in [5.74, 6) is 1.18. The second-order valence-electron chi connectivity index (χ2n) is 7.30. The second-order valence-corrected chi connectivity index (χ2v) is 7.30. The molecule has 32 heavy (non-hydrogen) atoms. The Bertz CT molecular complexity index is 1120. The molecule has 1 saturated heterocycles. The number of benzene rings is 2. The minimum absolute atomic E-state index is 0.131. The van der Waals surface area contributed by atoms with Gasteiger partial charge in [-0.25, -0.2) is 9.64 Å². The molecule has 4 rings (SSSR count). The molecule has 0 aliphatic carbocycles. The number of carbonyl (C=O) groups excluding carboxylic acids is 2. The number of methoxy groups -OCH3 is 3. The van der Waals surface area contributed by atoms with Gasteiger partial charge in [-0.05, 0) is 59.1 Å². The predicted octanol–water partition coefficient (Wildman–Crippen LogP) is 2.47. The molecule has 0 spiro atoms. The predicted molar refractivity (Wildman–Crippen MR) is 114 cm³/mol. The van der Waals surface area contributed by atoms with E-state index in [1.807, 2.05) is 12.1 Å². The lowest BCUT2D eigenvalue weighted by Crippen LogP contribution is -2.44. The van der Waals surface area contributed by atoms with Crippen LogP contribution in [0.15, 0.2) is 35.0 Å². The Kier molecular flexibility index (Phi) is 6.11. The average molecular weight is 440 g/mol. The third-order valence-corrected chi connectivity index (χ3v) is 5.41. The Hall–Kier alpha value is -3.82. The van der Waals surface area contributed by atoms with Crippen LogP contribution < -0.4 is 14.2 Å². The zero-order chi connectivity index (χ0) is 22.7. The van der Waals surface area contributed by atoms with E-state index in [0.717, 1.165) is 12.0 Å². The molecule has 3 aromatic rings. The number of aryl methyl sites for hydroxylation is 1. The third-order valence-electron chi connectivity index (χ3n) is 5.41. The van der Waals surface area contributed by atoms with Crippen LogP contribution in [0.2, 0.25) is 0 Å². The molecule has 0 N–H and O–H groups in total. The molecule has 0 unspecified atom stereocenters. The summed E-state index contributed by atoms with van der Waals surface area (Å²) >= 11 is 0. The van der Waals surface area contributed by atoms with Crippen molar-refractivity contribution >= 4 is 22.8 Å². The van der Waals surface area contributed by atoms with Crippen molar-refractivity contribution in [3.8, 4) is 17.2 Å². The highest BCUT2D eigenvalue weighted by Crippen LogP contribution is 2.38. The Morgan fingerprint density at radius 3 is 2.31 bits per heavy atom. The van der Waals surface area contributed by atoms with Crippen LogP contribution in [0, 0.1) is 0 Å². The van der Waals surface area contributed by atoms with Gasteiger partial charge in [0.2, 0.25) is 11.7 Å². The quantitative estimate of drug-likeness (QED) is 0.552. The molecule has 2 aromatic carbocycles. The first-order valence-corrected chi connectivity index (χ1v) is 10.2. The highest BCUT2D eigenvalue weighted by Gasteiger charge is 2.31. The number of hydrogen-bond donors (Lipinski definition) is 0. The van der Waals surface area contributed by atoms with Crippen molar-refractivity contribution in [2.24, 2.45) is 0 Å². The van der Waals surface area contributed by atoms with E-state index < -0.39 is 0 Å². The molecule has 0 bridgehead atoms. The summed E-state index contributed by atoms with van der Waals surface area (Å²) in [5.41, 5.74) is 2.36. The number of aromatic nitrogens is 2. The normalized spacial score (nSPS) is 13.5. The summed E-state index contributed by atoms with van der Waals surface area (Å²) in [4.78, 5) is 26.0. The fourth-order valence-corrected chi connectivity index (χ4v) is 3.81. The van der Waals surface area contributed by atoms with Gasteiger partial charge in [0, 0.05) is 25.1 Å². The van der Waals surface area contributed by atoms with Crippen LogP contribution in [-0.4, -0.2) is 66.6 Å². The number of amides is 2. The van der Waals surface area contributed by atoms with E-state index in [-0.39, 0.29) is 18.2 Å². The lowest BCUT2D eigenvalue weighted by Gasteiger charge is -2.28. The van der Waals surface area contributed by atoms with E-state index in [0.29, 0.717) is 53.4 Å². The Labute approximate surface area is 184 Å². The van der Waals surface area contributed by atoms with Crippen LogP contribution >= 0.6 is 0 Å². The standard InChI is InChI=1S/C22H24N4O6/c1-29-18-11-14(12-19(30-2)21(18)31-3)5-8-20(27)25-9-4-10-26(25)22(28)15-6-7-16-17(13-15)24-32-23-16/h6-7,11-13H,4-5,8-10H2,1-3H3. The minimum atomic E-state index is -0.256.